The molecule has 2 rings (SSSR count). The van der Waals surface area contributed by atoms with Gasteiger partial charge >= 0.3 is 5.97 Å². The van der Waals surface area contributed by atoms with Crippen molar-refractivity contribution in [2.45, 2.75) is 26.3 Å². The summed E-state index contributed by atoms with van der Waals surface area (Å²) in [4.78, 5) is 16.7. The van der Waals surface area contributed by atoms with Gasteiger partial charge in [-0.05, 0) is 44.2 Å². The van der Waals surface area contributed by atoms with Crippen molar-refractivity contribution in [1.29, 1.82) is 0 Å². The molecule has 22 heavy (non-hydrogen) atoms. The third-order valence-corrected chi connectivity index (χ3v) is 4.48. The molecular formula is C17H25ClN2O2. The molecule has 1 aliphatic rings. The van der Waals surface area contributed by atoms with Crippen LogP contribution < -0.4 is 0 Å². The molecular weight excluding hydrogens is 300 g/mol. The highest BCUT2D eigenvalue weighted by molar-refractivity contribution is 6.30. The van der Waals surface area contributed by atoms with Crippen LogP contribution in [-0.2, 0) is 9.53 Å². The zero-order valence-electron chi connectivity index (χ0n) is 13.6. The van der Waals surface area contributed by atoms with Gasteiger partial charge in [0, 0.05) is 37.2 Å². The molecule has 0 bridgehead atoms. The van der Waals surface area contributed by atoms with Crippen molar-refractivity contribution in [2.24, 2.45) is 0 Å². The SMILES string of the molecule is CCOC(=O)CC(c1cc(Cl)ccc1C)N1CCN(C)CC1. The van der Waals surface area contributed by atoms with Crippen molar-refractivity contribution in [3.8, 4) is 0 Å². The van der Waals surface area contributed by atoms with Crippen molar-refractivity contribution in [1.82, 2.24) is 9.80 Å². The molecule has 0 spiro atoms. The van der Waals surface area contributed by atoms with Crippen LogP contribution in [0.3, 0.4) is 0 Å². The Morgan fingerprint density at radius 2 is 2.00 bits per heavy atom. The van der Waals surface area contributed by atoms with Crippen LogP contribution in [0.15, 0.2) is 18.2 Å². The van der Waals surface area contributed by atoms with E-state index >= 15 is 0 Å². The lowest BCUT2D eigenvalue weighted by atomic mass is 9.96. The number of hydrogen-bond acceptors (Lipinski definition) is 4. The summed E-state index contributed by atoms with van der Waals surface area (Å²) < 4.78 is 5.17. The first-order valence-electron chi connectivity index (χ1n) is 7.85. The van der Waals surface area contributed by atoms with Gasteiger partial charge in [0.05, 0.1) is 13.0 Å². The molecule has 0 radical (unpaired) electrons. The minimum Gasteiger partial charge on any atom is -0.466 e. The number of hydrogen-bond donors (Lipinski definition) is 0. The van der Waals surface area contributed by atoms with Crippen LogP contribution in [0.1, 0.15) is 30.5 Å². The van der Waals surface area contributed by atoms with Gasteiger partial charge < -0.3 is 9.64 Å². The molecule has 1 aromatic rings. The highest BCUT2D eigenvalue weighted by atomic mass is 35.5. The first-order chi connectivity index (χ1) is 10.5. The van der Waals surface area contributed by atoms with Gasteiger partial charge in [0.25, 0.3) is 0 Å². The Morgan fingerprint density at radius 3 is 2.64 bits per heavy atom. The van der Waals surface area contributed by atoms with E-state index in [1.165, 1.54) is 0 Å². The van der Waals surface area contributed by atoms with Gasteiger partial charge in [-0.25, -0.2) is 0 Å². The average Bonchev–Trinajstić information content (AvgIpc) is 2.49. The Balaban J connectivity index is 2.24. The second-order valence-electron chi connectivity index (χ2n) is 5.87. The normalized spacial score (nSPS) is 18.2. The molecule has 0 amide bonds. The number of piperazine rings is 1. The number of rotatable bonds is 5. The standard InChI is InChI=1S/C17H25ClN2O2/c1-4-22-17(21)12-16(20-9-7-19(3)8-10-20)15-11-14(18)6-5-13(15)2/h5-6,11,16H,4,7-10,12H2,1-3H3. The number of likely N-dealkylation sites (N-methyl/N-ethyl adjacent to an activating group) is 1. The van der Waals surface area contributed by atoms with Crippen LogP contribution in [0.4, 0.5) is 0 Å². The van der Waals surface area contributed by atoms with Crippen LogP contribution >= 0.6 is 11.6 Å². The summed E-state index contributed by atoms with van der Waals surface area (Å²) in [6.45, 7) is 8.26. The predicted molar refractivity (Wildman–Crippen MR) is 89.3 cm³/mol. The van der Waals surface area contributed by atoms with Gasteiger partial charge in [0.15, 0.2) is 0 Å². The predicted octanol–water partition coefficient (Wildman–Crippen LogP) is 2.89. The zero-order chi connectivity index (χ0) is 16.1. The fourth-order valence-electron chi connectivity index (χ4n) is 2.92. The first kappa shape index (κ1) is 17.3. The Bertz CT molecular complexity index is 513. The molecule has 1 saturated heterocycles. The average molecular weight is 325 g/mol. The number of aryl methyl sites for hydroxylation is 1. The number of halogens is 1. The second-order valence-corrected chi connectivity index (χ2v) is 6.30. The summed E-state index contributed by atoms with van der Waals surface area (Å²) in [5.41, 5.74) is 2.29. The highest BCUT2D eigenvalue weighted by Gasteiger charge is 2.27. The van der Waals surface area contributed by atoms with E-state index in [0.717, 1.165) is 37.3 Å². The molecule has 5 heteroatoms. The molecule has 1 unspecified atom stereocenters. The highest BCUT2D eigenvalue weighted by Crippen LogP contribution is 2.30. The van der Waals surface area contributed by atoms with Crippen molar-refractivity contribution in [3.05, 3.63) is 34.3 Å². The largest absolute Gasteiger partial charge is 0.466 e. The lowest BCUT2D eigenvalue weighted by molar-refractivity contribution is -0.144. The van der Waals surface area contributed by atoms with Crippen LogP contribution in [0.5, 0.6) is 0 Å². The van der Waals surface area contributed by atoms with Gasteiger partial charge in [0.1, 0.15) is 0 Å². The van der Waals surface area contributed by atoms with Gasteiger partial charge in [-0.1, -0.05) is 17.7 Å². The molecule has 1 heterocycles. The van der Waals surface area contributed by atoms with Crippen molar-refractivity contribution in [3.63, 3.8) is 0 Å². The maximum atomic E-state index is 12.0. The number of carbonyl (C=O) groups is 1. The summed E-state index contributed by atoms with van der Waals surface area (Å²) in [5.74, 6) is -0.147. The maximum absolute atomic E-state index is 12.0. The summed E-state index contributed by atoms with van der Waals surface area (Å²) in [6, 6.07) is 5.93. The smallest absolute Gasteiger partial charge is 0.307 e. The summed E-state index contributed by atoms with van der Waals surface area (Å²) in [7, 11) is 2.13. The Kier molecular flexibility index (Phi) is 6.24. The van der Waals surface area contributed by atoms with Crippen molar-refractivity contribution < 1.29 is 9.53 Å². The summed E-state index contributed by atoms with van der Waals surface area (Å²) >= 11 is 6.18. The number of benzene rings is 1. The van der Waals surface area contributed by atoms with E-state index < -0.39 is 0 Å². The van der Waals surface area contributed by atoms with Gasteiger partial charge in [-0.2, -0.15) is 0 Å². The molecule has 0 N–H and O–H groups in total. The zero-order valence-corrected chi connectivity index (χ0v) is 14.4. The lowest BCUT2D eigenvalue weighted by Gasteiger charge is -2.38. The molecule has 1 fully saturated rings. The summed E-state index contributed by atoms with van der Waals surface area (Å²) in [5, 5.41) is 0.712. The summed E-state index contributed by atoms with van der Waals surface area (Å²) in [6.07, 6.45) is 0.374. The van der Waals surface area contributed by atoms with E-state index in [-0.39, 0.29) is 12.0 Å². The number of carbonyl (C=O) groups excluding carboxylic acids is 1. The van der Waals surface area contributed by atoms with Crippen LogP contribution in [0.2, 0.25) is 5.02 Å². The van der Waals surface area contributed by atoms with E-state index in [1.807, 2.05) is 25.1 Å². The maximum Gasteiger partial charge on any atom is 0.307 e. The topological polar surface area (TPSA) is 32.8 Å². The molecule has 0 aromatic heterocycles. The monoisotopic (exact) mass is 324 g/mol. The molecule has 0 aliphatic carbocycles. The first-order valence-corrected chi connectivity index (χ1v) is 8.23. The van der Waals surface area contributed by atoms with E-state index in [2.05, 4.69) is 23.8 Å². The fraction of sp³-hybridized carbons (Fsp3) is 0.588. The minimum atomic E-state index is -0.147. The Hall–Kier alpha value is -1.10. The van der Waals surface area contributed by atoms with Gasteiger partial charge in [0.2, 0.25) is 0 Å². The van der Waals surface area contributed by atoms with Crippen LogP contribution in [-0.4, -0.2) is 55.6 Å². The van der Waals surface area contributed by atoms with Crippen LogP contribution in [0, 0.1) is 6.92 Å². The minimum absolute atomic E-state index is 0.0337. The lowest BCUT2D eigenvalue weighted by Crippen LogP contribution is -2.46. The second kappa shape index (κ2) is 7.95. The van der Waals surface area contributed by atoms with E-state index in [0.29, 0.717) is 18.1 Å². The van der Waals surface area contributed by atoms with E-state index in [4.69, 9.17) is 16.3 Å². The molecule has 122 valence electrons. The van der Waals surface area contributed by atoms with Crippen molar-refractivity contribution >= 4 is 17.6 Å². The Labute approximate surface area is 138 Å². The quantitative estimate of drug-likeness (QED) is 0.780. The molecule has 0 saturated carbocycles. The van der Waals surface area contributed by atoms with E-state index in [9.17, 15) is 4.79 Å². The molecule has 1 atom stereocenters. The van der Waals surface area contributed by atoms with Gasteiger partial charge in [-0.3, -0.25) is 9.69 Å². The number of nitrogens with zero attached hydrogens (tertiary/aromatic N) is 2. The third kappa shape index (κ3) is 4.45. The number of ether oxygens (including phenoxy) is 1. The molecule has 4 nitrogen and oxygen atoms in total. The van der Waals surface area contributed by atoms with Crippen LogP contribution in [0.25, 0.3) is 0 Å². The van der Waals surface area contributed by atoms with E-state index in [1.54, 1.807) is 0 Å². The van der Waals surface area contributed by atoms with Gasteiger partial charge in [-0.15, -0.1) is 0 Å². The molecule has 1 aliphatic heterocycles. The number of esters is 1. The fourth-order valence-corrected chi connectivity index (χ4v) is 3.10. The third-order valence-electron chi connectivity index (χ3n) is 4.24. The molecule has 1 aromatic carbocycles. The Morgan fingerprint density at radius 1 is 1.32 bits per heavy atom. The van der Waals surface area contributed by atoms with Crippen molar-refractivity contribution in [2.75, 3.05) is 39.8 Å².